The number of ether oxygens (including phenoxy) is 1. The van der Waals surface area contributed by atoms with Crippen molar-refractivity contribution in [3.8, 4) is 5.75 Å². The molecule has 0 unspecified atom stereocenters. The summed E-state index contributed by atoms with van der Waals surface area (Å²) >= 11 is 0. The van der Waals surface area contributed by atoms with Crippen LogP contribution in [0, 0.1) is 10.1 Å². The molecule has 2 aromatic rings. The fraction of sp³-hybridized carbons (Fsp3) is 0.200. The highest BCUT2D eigenvalue weighted by atomic mass is 32.2. The van der Waals surface area contributed by atoms with Gasteiger partial charge in [0.15, 0.2) is 0 Å². The number of benzene rings is 2. The van der Waals surface area contributed by atoms with Crippen LogP contribution >= 0.6 is 0 Å². The van der Waals surface area contributed by atoms with Gasteiger partial charge < -0.3 is 4.74 Å². The topological polar surface area (TPSA) is 89.8 Å². The molecule has 0 aliphatic heterocycles. The van der Waals surface area contributed by atoms with Gasteiger partial charge in [-0.3, -0.25) is 10.1 Å². The van der Waals surface area contributed by atoms with Crippen LogP contribution in [0.5, 0.6) is 5.75 Å². The summed E-state index contributed by atoms with van der Waals surface area (Å²) in [5.41, 5.74) is 0.434. The number of hydrogen-bond donors (Lipinski definition) is 0. The van der Waals surface area contributed by atoms with Crippen LogP contribution in [-0.2, 0) is 16.6 Å². The number of sulfonamides is 1. The number of hydrogen-bond acceptors (Lipinski definition) is 5. The first kappa shape index (κ1) is 16.9. The molecule has 0 saturated heterocycles. The van der Waals surface area contributed by atoms with E-state index in [0.717, 1.165) is 10.4 Å². The SMILES string of the molecule is COc1ccccc1CN(C)S(=O)(=O)c1cccc([N+](=O)[O-])c1. The first-order valence-electron chi connectivity index (χ1n) is 6.69. The summed E-state index contributed by atoms with van der Waals surface area (Å²) in [7, 11) is -0.920. The summed E-state index contributed by atoms with van der Waals surface area (Å²) in [6, 6.07) is 12.1. The minimum Gasteiger partial charge on any atom is -0.496 e. The number of nitro groups is 1. The summed E-state index contributed by atoms with van der Waals surface area (Å²) < 4.78 is 31.5. The van der Waals surface area contributed by atoms with Gasteiger partial charge in [0, 0.05) is 31.3 Å². The average Bonchev–Trinajstić information content (AvgIpc) is 2.55. The molecule has 0 aliphatic rings. The molecule has 0 saturated carbocycles. The van der Waals surface area contributed by atoms with Crippen molar-refractivity contribution in [2.45, 2.75) is 11.4 Å². The zero-order valence-electron chi connectivity index (χ0n) is 12.7. The molecule has 0 N–H and O–H groups in total. The second-order valence-electron chi connectivity index (χ2n) is 4.83. The lowest BCUT2D eigenvalue weighted by Gasteiger charge is -2.18. The van der Waals surface area contributed by atoms with Crippen LogP contribution < -0.4 is 4.74 Å². The number of methoxy groups -OCH3 is 1. The molecule has 0 bridgehead atoms. The largest absolute Gasteiger partial charge is 0.496 e. The smallest absolute Gasteiger partial charge is 0.270 e. The molecule has 0 heterocycles. The fourth-order valence-electron chi connectivity index (χ4n) is 2.10. The molecule has 7 nitrogen and oxygen atoms in total. The molecule has 0 aromatic heterocycles. The van der Waals surface area contributed by atoms with Crippen LogP contribution in [0.4, 0.5) is 5.69 Å². The van der Waals surface area contributed by atoms with E-state index in [9.17, 15) is 18.5 Å². The Balaban J connectivity index is 2.32. The van der Waals surface area contributed by atoms with Gasteiger partial charge in [0.1, 0.15) is 5.75 Å². The Morgan fingerprint density at radius 1 is 1.17 bits per heavy atom. The molecule has 2 aromatic carbocycles. The molecule has 23 heavy (non-hydrogen) atoms. The first-order chi connectivity index (χ1) is 10.9. The predicted molar refractivity (Wildman–Crippen MR) is 84.7 cm³/mol. The van der Waals surface area contributed by atoms with Gasteiger partial charge >= 0.3 is 0 Å². The van der Waals surface area contributed by atoms with Crippen molar-refractivity contribution < 1.29 is 18.1 Å². The normalized spacial score (nSPS) is 11.4. The number of nitro benzene ring substituents is 1. The number of nitrogens with zero attached hydrogens (tertiary/aromatic N) is 2. The van der Waals surface area contributed by atoms with E-state index in [0.29, 0.717) is 11.3 Å². The predicted octanol–water partition coefficient (Wildman–Crippen LogP) is 2.42. The van der Waals surface area contributed by atoms with E-state index in [1.54, 1.807) is 24.3 Å². The van der Waals surface area contributed by atoms with Gasteiger partial charge in [0.05, 0.1) is 16.9 Å². The van der Waals surface area contributed by atoms with Gasteiger partial charge in [0.2, 0.25) is 10.0 Å². The van der Waals surface area contributed by atoms with E-state index in [1.807, 2.05) is 0 Å². The van der Waals surface area contributed by atoms with E-state index >= 15 is 0 Å². The van der Waals surface area contributed by atoms with E-state index < -0.39 is 14.9 Å². The second kappa shape index (κ2) is 6.76. The third-order valence-electron chi connectivity index (χ3n) is 3.32. The van der Waals surface area contributed by atoms with Crippen LogP contribution in [-0.4, -0.2) is 31.8 Å². The van der Waals surface area contributed by atoms with Gasteiger partial charge in [-0.05, 0) is 12.1 Å². The molecule has 0 fully saturated rings. The number of non-ortho nitro benzene ring substituents is 1. The number of para-hydroxylation sites is 1. The Bertz CT molecular complexity index is 820. The van der Waals surface area contributed by atoms with Gasteiger partial charge in [-0.2, -0.15) is 4.31 Å². The lowest BCUT2D eigenvalue weighted by Crippen LogP contribution is -2.26. The second-order valence-corrected chi connectivity index (χ2v) is 6.87. The highest BCUT2D eigenvalue weighted by Gasteiger charge is 2.23. The molecular weight excluding hydrogens is 320 g/mol. The standard InChI is InChI=1S/C15H16N2O5S/c1-16(11-12-6-3-4-9-15(12)22-2)23(20,21)14-8-5-7-13(10-14)17(18)19/h3-10H,11H2,1-2H3. The monoisotopic (exact) mass is 336 g/mol. The maximum absolute atomic E-state index is 12.6. The maximum atomic E-state index is 12.6. The van der Waals surface area contributed by atoms with Crippen molar-refractivity contribution in [1.82, 2.24) is 4.31 Å². The minimum absolute atomic E-state index is 0.0923. The molecule has 0 spiro atoms. The van der Waals surface area contributed by atoms with E-state index in [2.05, 4.69) is 0 Å². The van der Waals surface area contributed by atoms with Crippen LogP contribution in [0.15, 0.2) is 53.4 Å². The highest BCUT2D eigenvalue weighted by Crippen LogP contribution is 2.24. The molecule has 0 radical (unpaired) electrons. The molecule has 122 valence electrons. The third-order valence-corrected chi connectivity index (χ3v) is 5.12. The minimum atomic E-state index is -3.84. The maximum Gasteiger partial charge on any atom is 0.270 e. The Morgan fingerprint density at radius 2 is 1.87 bits per heavy atom. The van der Waals surface area contributed by atoms with Crippen molar-refractivity contribution in [2.75, 3.05) is 14.2 Å². The van der Waals surface area contributed by atoms with E-state index in [-0.39, 0.29) is 17.1 Å². The van der Waals surface area contributed by atoms with Gasteiger partial charge in [-0.1, -0.05) is 24.3 Å². The van der Waals surface area contributed by atoms with Crippen LogP contribution in [0.3, 0.4) is 0 Å². The summed E-state index contributed by atoms with van der Waals surface area (Å²) in [4.78, 5) is 10.1. The van der Waals surface area contributed by atoms with Gasteiger partial charge in [-0.15, -0.1) is 0 Å². The molecule has 8 heteroatoms. The summed E-state index contributed by atoms with van der Waals surface area (Å²) in [5.74, 6) is 0.577. The highest BCUT2D eigenvalue weighted by molar-refractivity contribution is 7.89. The Morgan fingerprint density at radius 3 is 2.52 bits per heavy atom. The fourth-order valence-corrected chi connectivity index (χ4v) is 3.29. The summed E-state index contributed by atoms with van der Waals surface area (Å²) in [6.45, 7) is 0.0923. The van der Waals surface area contributed by atoms with E-state index in [1.165, 1.54) is 32.4 Å². The van der Waals surface area contributed by atoms with Crippen LogP contribution in [0.25, 0.3) is 0 Å². The van der Waals surface area contributed by atoms with Gasteiger partial charge in [-0.25, -0.2) is 8.42 Å². The van der Waals surface area contributed by atoms with Crippen molar-refractivity contribution >= 4 is 15.7 Å². The zero-order chi connectivity index (χ0) is 17.0. The van der Waals surface area contributed by atoms with Crippen molar-refractivity contribution in [3.63, 3.8) is 0 Å². The molecule has 0 atom stereocenters. The van der Waals surface area contributed by atoms with E-state index in [4.69, 9.17) is 4.74 Å². The lowest BCUT2D eigenvalue weighted by molar-refractivity contribution is -0.385. The molecule has 2 rings (SSSR count). The quantitative estimate of drug-likeness (QED) is 0.597. The Kier molecular flexibility index (Phi) is 4.97. The number of rotatable bonds is 6. The lowest BCUT2D eigenvalue weighted by atomic mass is 10.2. The first-order valence-corrected chi connectivity index (χ1v) is 8.13. The third kappa shape index (κ3) is 3.66. The zero-order valence-corrected chi connectivity index (χ0v) is 13.5. The van der Waals surface area contributed by atoms with Crippen molar-refractivity contribution in [2.24, 2.45) is 0 Å². The molecule has 0 amide bonds. The Labute approximate surface area is 134 Å². The van der Waals surface area contributed by atoms with Gasteiger partial charge in [0.25, 0.3) is 5.69 Å². The summed E-state index contributed by atoms with van der Waals surface area (Å²) in [6.07, 6.45) is 0. The summed E-state index contributed by atoms with van der Waals surface area (Å²) in [5, 5.41) is 10.8. The van der Waals surface area contributed by atoms with Crippen molar-refractivity contribution in [1.29, 1.82) is 0 Å². The molecule has 0 aliphatic carbocycles. The average molecular weight is 336 g/mol. The van der Waals surface area contributed by atoms with Crippen LogP contribution in [0.1, 0.15) is 5.56 Å². The molecular formula is C15H16N2O5S. The van der Waals surface area contributed by atoms with Crippen molar-refractivity contribution in [3.05, 3.63) is 64.2 Å². The van der Waals surface area contributed by atoms with Crippen LogP contribution in [0.2, 0.25) is 0 Å². The Hall–Kier alpha value is -2.45.